The summed E-state index contributed by atoms with van der Waals surface area (Å²) in [4.78, 5) is 10.3. The van der Waals surface area contributed by atoms with E-state index in [0.29, 0.717) is 6.08 Å². The highest BCUT2D eigenvalue weighted by molar-refractivity contribution is 5.80. The van der Waals surface area contributed by atoms with Gasteiger partial charge in [-0.2, -0.15) is 0 Å². The number of rotatable bonds is 6. The molecule has 82 valence electrons. The summed E-state index contributed by atoms with van der Waals surface area (Å²) >= 11 is 0. The third kappa shape index (κ3) is 2.65. The average Bonchev–Trinajstić information content (AvgIpc) is 2.19. The van der Waals surface area contributed by atoms with Crippen LogP contribution in [0.15, 0.2) is 11.8 Å². The van der Waals surface area contributed by atoms with Crippen LogP contribution in [0, 0.1) is 5.41 Å². The molecule has 0 aliphatic carbocycles. The van der Waals surface area contributed by atoms with Gasteiger partial charge in [-0.3, -0.25) is 0 Å². The zero-order valence-corrected chi connectivity index (χ0v) is 7.69. The Labute approximate surface area is 79.6 Å². The first-order chi connectivity index (χ1) is 6.56. The van der Waals surface area contributed by atoms with Gasteiger partial charge in [-0.1, -0.05) is 0 Å². The van der Waals surface area contributed by atoms with E-state index >= 15 is 0 Å². The highest BCUT2D eigenvalue weighted by Crippen LogP contribution is 2.27. The van der Waals surface area contributed by atoms with Gasteiger partial charge in [0.2, 0.25) is 0 Å². The van der Waals surface area contributed by atoms with Crippen molar-refractivity contribution < 1.29 is 23.1 Å². The first kappa shape index (κ1) is 12.8. The molecule has 6 heteroatoms. The number of nitrogens with one attached hydrogen (secondary N) is 1. The average molecular weight is 211 g/mol. The van der Waals surface area contributed by atoms with Crippen LogP contribution in [-0.4, -0.2) is 38.1 Å². The molecular formula is C8H12F3NO2. The van der Waals surface area contributed by atoms with E-state index in [1.54, 1.807) is 0 Å². The fraction of sp³-hybridized carbons (Fsp3) is 0.625. The summed E-state index contributed by atoms with van der Waals surface area (Å²) in [5.41, 5.74) is -2.30. The number of hydrogen-bond donors (Lipinski definition) is 2. The molecular weight excluding hydrogens is 199 g/mol. The normalized spacial score (nSPS) is 12.7. The molecule has 0 saturated heterocycles. The van der Waals surface area contributed by atoms with Crippen molar-refractivity contribution >= 4 is 5.97 Å². The lowest BCUT2D eigenvalue weighted by atomic mass is 9.88. The van der Waals surface area contributed by atoms with Crippen LogP contribution in [0.1, 0.15) is 0 Å². The number of carboxylic acids is 1. The largest absolute Gasteiger partial charge is 0.478 e. The zero-order chi connectivity index (χ0) is 11.2. The molecule has 0 amide bonds. The molecule has 0 aliphatic rings. The van der Waals surface area contributed by atoms with Crippen LogP contribution in [0.2, 0.25) is 0 Å². The lowest BCUT2D eigenvalue weighted by Gasteiger charge is -2.26. The summed E-state index contributed by atoms with van der Waals surface area (Å²) in [6, 6.07) is 0. The van der Waals surface area contributed by atoms with Gasteiger partial charge in [-0.25, -0.2) is 18.0 Å². The second-order valence-electron chi connectivity index (χ2n) is 2.83. The molecule has 0 heterocycles. The van der Waals surface area contributed by atoms with E-state index in [1.807, 2.05) is 0 Å². The molecule has 2 N–H and O–H groups in total. The van der Waals surface area contributed by atoms with E-state index in [0.717, 1.165) is 0 Å². The van der Waals surface area contributed by atoms with Crippen molar-refractivity contribution in [1.82, 2.24) is 5.32 Å². The van der Waals surface area contributed by atoms with Crippen LogP contribution in [0.4, 0.5) is 13.2 Å². The third-order valence-corrected chi connectivity index (χ3v) is 1.88. The maximum absolute atomic E-state index is 12.4. The van der Waals surface area contributed by atoms with Gasteiger partial charge in [0.15, 0.2) is 0 Å². The minimum Gasteiger partial charge on any atom is -0.478 e. The second kappa shape index (κ2) is 5.51. The van der Waals surface area contributed by atoms with Gasteiger partial charge in [0.1, 0.15) is 20.0 Å². The Morgan fingerprint density at radius 3 is 2.00 bits per heavy atom. The summed E-state index contributed by atoms with van der Waals surface area (Å²) in [5, 5.41) is 10.7. The van der Waals surface area contributed by atoms with Crippen LogP contribution in [0.5, 0.6) is 0 Å². The molecule has 0 aromatic carbocycles. The smallest absolute Gasteiger partial charge is 0.330 e. The summed E-state index contributed by atoms with van der Waals surface area (Å²) in [6.45, 7) is -3.88. The van der Waals surface area contributed by atoms with E-state index in [2.05, 4.69) is 5.32 Å². The maximum atomic E-state index is 12.4. The molecule has 14 heavy (non-hydrogen) atoms. The van der Waals surface area contributed by atoms with Crippen molar-refractivity contribution in [2.75, 3.05) is 27.1 Å². The molecule has 0 bridgehead atoms. The van der Waals surface area contributed by atoms with Gasteiger partial charge in [-0.05, 0) is 0 Å². The van der Waals surface area contributed by atoms with E-state index in [4.69, 9.17) is 5.11 Å². The van der Waals surface area contributed by atoms with Crippen LogP contribution in [-0.2, 0) is 4.79 Å². The van der Waals surface area contributed by atoms with E-state index in [9.17, 15) is 18.0 Å². The Balaban J connectivity index is 5.03. The monoisotopic (exact) mass is 211 g/mol. The van der Waals surface area contributed by atoms with Crippen molar-refractivity contribution in [2.45, 2.75) is 0 Å². The quantitative estimate of drug-likeness (QED) is 0.646. The minimum absolute atomic E-state index is 0.294. The maximum Gasteiger partial charge on any atom is 0.330 e. The zero-order valence-electron chi connectivity index (χ0n) is 7.69. The Morgan fingerprint density at radius 1 is 1.36 bits per heavy atom. The molecule has 0 aliphatic heterocycles. The lowest BCUT2D eigenvalue weighted by Crippen LogP contribution is -2.37. The van der Waals surface area contributed by atoms with E-state index < -0.39 is 31.4 Å². The Bertz CT molecular complexity index is 218. The minimum atomic E-state index is -2.01. The molecule has 0 spiro atoms. The Hall–Kier alpha value is -1.20. The molecule has 0 saturated carbocycles. The summed E-state index contributed by atoms with van der Waals surface area (Å²) in [7, 11) is 1.28. The predicted molar refractivity (Wildman–Crippen MR) is 45.1 cm³/mol. The molecule has 0 atom stereocenters. The molecule has 0 radical (unpaired) electrons. The molecule has 0 unspecified atom stereocenters. The third-order valence-electron chi connectivity index (χ3n) is 1.88. The van der Waals surface area contributed by atoms with Crippen molar-refractivity contribution in [3.63, 3.8) is 0 Å². The number of halogens is 3. The fourth-order valence-corrected chi connectivity index (χ4v) is 0.937. The Morgan fingerprint density at radius 2 is 1.79 bits per heavy atom. The SMILES string of the molecule is CNC(=CC(=O)O)C(CF)(CF)CF. The number of aliphatic carboxylic acids is 1. The number of hydrogen-bond acceptors (Lipinski definition) is 2. The highest BCUT2D eigenvalue weighted by Gasteiger charge is 2.35. The van der Waals surface area contributed by atoms with Crippen molar-refractivity contribution in [3.8, 4) is 0 Å². The van der Waals surface area contributed by atoms with E-state index in [1.165, 1.54) is 7.05 Å². The van der Waals surface area contributed by atoms with Crippen LogP contribution < -0.4 is 5.32 Å². The molecule has 0 aromatic rings. The first-order valence-corrected chi connectivity index (χ1v) is 3.87. The van der Waals surface area contributed by atoms with Crippen LogP contribution in [0.25, 0.3) is 0 Å². The molecule has 0 fully saturated rings. The van der Waals surface area contributed by atoms with Gasteiger partial charge in [0, 0.05) is 18.8 Å². The Kier molecular flexibility index (Phi) is 5.04. The summed E-state index contributed by atoms with van der Waals surface area (Å²) in [6.07, 6.45) is 0.568. The van der Waals surface area contributed by atoms with Gasteiger partial charge in [-0.15, -0.1) is 0 Å². The standard InChI is InChI=1S/C8H12F3NO2/c1-12-6(2-7(13)14)8(3-9,4-10)5-11/h2,12H,3-5H2,1H3,(H,13,14). The number of alkyl halides is 3. The van der Waals surface area contributed by atoms with Gasteiger partial charge in [0.25, 0.3) is 0 Å². The molecule has 0 aromatic heterocycles. The number of allylic oxidation sites excluding steroid dienone is 1. The van der Waals surface area contributed by atoms with Crippen LogP contribution >= 0.6 is 0 Å². The van der Waals surface area contributed by atoms with E-state index in [-0.39, 0.29) is 5.70 Å². The van der Waals surface area contributed by atoms with Crippen molar-refractivity contribution in [1.29, 1.82) is 0 Å². The summed E-state index contributed by atoms with van der Waals surface area (Å²) in [5.74, 6) is -1.38. The first-order valence-electron chi connectivity index (χ1n) is 3.87. The van der Waals surface area contributed by atoms with Crippen molar-refractivity contribution in [3.05, 3.63) is 11.8 Å². The van der Waals surface area contributed by atoms with Gasteiger partial charge >= 0.3 is 5.97 Å². The number of carboxylic acid groups (broad SMARTS) is 1. The summed E-state index contributed by atoms with van der Waals surface area (Å²) < 4.78 is 37.3. The van der Waals surface area contributed by atoms with Gasteiger partial charge in [0.05, 0.1) is 5.41 Å². The topological polar surface area (TPSA) is 49.3 Å². The molecule has 0 rings (SSSR count). The fourth-order valence-electron chi connectivity index (χ4n) is 0.937. The lowest BCUT2D eigenvalue weighted by molar-refractivity contribution is -0.131. The highest BCUT2D eigenvalue weighted by atomic mass is 19.1. The predicted octanol–water partition coefficient (Wildman–Crippen LogP) is 1.07. The molecule has 3 nitrogen and oxygen atoms in total. The number of carbonyl (C=O) groups is 1. The second-order valence-corrected chi connectivity index (χ2v) is 2.83. The van der Waals surface area contributed by atoms with Crippen LogP contribution in [0.3, 0.4) is 0 Å². The van der Waals surface area contributed by atoms with Crippen molar-refractivity contribution in [2.24, 2.45) is 5.41 Å². The van der Waals surface area contributed by atoms with Gasteiger partial charge < -0.3 is 10.4 Å².